The number of carbonyl (C=O) groups is 3. The Bertz CT molecular complexity index is 1670. The number of nitrogen functional groups attached to an aromatic ring is 1. The fraction of sp³-hybridized carbons (Fsp3) is 0.172. The monoisotopic (exact) mass is 571 g/mol. The quantitative estimate of drug-likeness (QED) is 0.226. The van der Waals surface area contributed by atoms with Gasteiger partial charge in [0.1, 0.15) is 28.8 Å². The van der Waals surface area contributed by atoms with Crippen molar-refractivity contribution in [1.82, 2.24) is 4.98 Å². The average Bonchev–Trinajstić information content (AvgIpc) is 3.73. The lowest BCUT2D eigenvalue weighted by molar-refractivity contribution is -0.121. The summed E-state index contributed by atoms with van der Waals surface area (Å²) in [6, 6.07) is 14.2. The van der Waals surface area contributed by atoms with Crippen molar-refractivity contribution in [2.24, 2.45) is 0 Å². The summed E-state index contributed by atoms with van der Waals surface area (Å²) in [4.78, 5) is 44.0. The maximum absolute atomic E-state index is 14.0. The number of anilines is 2. The molecule has 11 heteroatoms. The maximum Gasteiger partial charge on any atom is 0.247 e. The number of aromatic nitrogens is 1. The van der Waals surface area contributed by atoms with Gasteiger partial charge in [0.2, 0.25) is 11.8 Å². The number of benzene rings is 2. The number of amides is 2. The van der Waals surface area contributed by atoms with Crippen LogP contribution in [0.25, 0.3) is 6.08 Å². The molecule has 1 saturated heterocycles. The summed E-state index contributed by atoms with van der Waals surface area (Å²) in [6.45, 7) is 0. The number of imide groups is 1. The van der Waals surface area contributed by atoms with Crippen molar-refractivity contribution in [3.8, 4) is 12.1 Å². The van der Waals surface area contributed by atoms with Crippen molar-refractivity contribution in [3.05, 3.63) is 87.2 Å². The number of hydrogen-bond acceptors (Lipinski definition) is 8. The van der Waals surface area contributed by atoms with E-state index in [1.807, 2.05) is 6.07 Å². The molecule has 0 bridgehead atoms. The second-order valence-corrected chi connectivity index (χ2v) is 10.8. The van der Waals surface area contributed by atoms with Crippen molar-refractivity contribution >= 4 is 58.5 Å². The van der Waals surface area contributed by atoms with Crippen molar-refractivity contribution in [1.29, 1.82) is 10.5 Å². The van der Waals surface area contributed by atoms with E-state index in [2.05, 4.69) is 11.1 Å². The van der Waals surface area contributed by atoms with Crippen LogP contribution < -0.4 is 10.6 Å². The highest BCUT2D eigenvalue weighted by Gasteiger charge is 2.42. The van der Waals surface area contributed by atoms with E-state index in [4.69, 9.17) is 17.3 Å². The largest absolute Gasteiger partial charge is 0.383 e. The highest BCUT2D eigenvalue weighted by Crippen LogP contribution is 2.47. The Morgan fingerprint density at radius 1 is 1.12 bits per heavy atom. The number of rotatable bonds is 7. The standard InChI is InChI=1S/C29H19ClFN5O3S/c30-21-2-1-3-22(31)18(21)10-11-23(37)15-6-8-17(9-7-15)36-25(38)12-24(29(36)39)40-28-20(14-33)26(16-4-5-16)19(13-32)27(34)35-28/h1-3,6-11,16,24H,4-5,12H2,(H2,34,35)/b11-10+/t24-/m0/s1. The van der Waals surface area contributed by atoms with E-state index in [0.29, 0.717) is 5.56 Å². The third-order valence-electron chi connectivity index (χ3n) is 6.61. The first-order valence-corrected chi connectivity index (χ1v) is 13.4. The predicted molar refractivity (Wildman–Crippen MR) is 148 cm³/mol. The van der Waals surface area contributed by atoms with E-state index in [1.165, 1.54) is 54.6 Å². The van der Waals surface area contributed by atoms with Gasteiger partial charge in [-0.05, 0) is 72.9 Å². The summed E-state index contributed by atoms with van der Waals surface area (Å²) in [5.74, 6) is -1.88. The van der Waals surface area contributed by atoms with Crippen LogP contribution in [0.15, 0.2) is 53.6 Å². The van der Waals surface area contributed by atoms with Gasteiger partial charge in [0.25, 0.3) is 0 Å². The first-order chi connectivity index (χ1) is 19.2. The Balaban J connectivity index is 1.34. The van der Waals surface area contributed by atoms with Crippen LogP contribution in [0.5, 0.6) is 0 Å². The third-order valence-corrected chi connectivity index (χ3v) is 8.11. The van der Waals surface area contributed by atoms with Crippen molar-refractivity contribution in [3.63, 3.8) is 0 Å². The molecule has 0 radical (unpaired) electrons. The lowest BCUT2D eigenvalue weighted by Crippen LogP contribution is -2.31. The molecule has 0 spiro atoms. The summed E-state index contributed by atoms with van der Waals surface area (Å²) in [7, 11) is 0. The van der Waals surface area contributed by atoms with Gasteiger partial charge in [-0.3, -0.25) is 14.4 Å². The number of nitrogens with two attached hydrogens (primary N) is 1. The van der Waals surface area contributed by atoms with Gasteiger partial charge in [-0.25, -0.2) is 14.3 Å². The van der Waals surface area contributed by atoms with E-state index in [9.17, 15) is 29.3 Å². The number of nitrogens with zero attached hydrogens (tertiary/aromatic N) is 4. The summed E-state index contributed by atoms with van der Waals surface area (Å²) >= 11 is 6.97. The van der Waals surface area contributed by atoms with Crippen molar-refractivity contribution in [2.75, 3.05) is 10.6 Å². The molecular weight excluding hydrogens is 553 g/mol. The number of thioether (sulfide) groups is 1. The van der Waals surface area contributed by atoms with Gasteiger partial charge in [0.05, 0.1) is 27.1 Å². The van der Waals surface area contributed by atoms with E-state index in [1.54, 1.807) is 0 Å². The highest BCUT2D eigenvalue weighted by molar-refractivity contribution is 8.00. The molecule has 1 atom stereocenters. The molecule has 2 aliphatic rings. The van der Waals surface area contributed by atoms with Gasteiger partial charge >= 0.3 is 0 Å². The van der Waals surface area contributed by atoms with Gasteiger partial charge < -0.3 is 5.73 Å². The molecule has 2 N–H and O–H groups in total. The second kappa shape index (κ2) is 10.9. The van der Waals surface area contributed by atoms with Crippen LogP contribution in [-0.2, 0) is 9.59 Å². The molecule has 3 aromatic rings. The van der Waals surface area contributed by atoms with Gasteiger partial charge in [-0.2, -0.15) is 10.5 Å². The molecule has 2 fully saturated rings. The van der Waals surface area contributed by atoms with Crippen molar-refractivity contribution in [2.45, 2.75) is 35.5 Å². The number of carbonyl (C=O) groups excluding carboxylic acids is 3. The van der Waals surface area contributed by atoms with Crippen LogP contribution in [0, 0.1) is 28.5 Å². The van der Waals surface area contributed by atoms with Crippen LogP contribution in [0.2, 0.25) is 5.02 Å². The van der Waals surface area contributed by atoms with E-state index < -0.39 is 28.7 Å². The third kappa shape index (κ3) is 5.07. The van der Waals surface area contributed by atoms with Gasteiger partial charge in [0.15, 0.2) is 5.78 Å². The first kappa shape index (κ1) is 27.1. The topological polar surface area (TPSA) is 141 Å². The molecule has 8 nitrogen and oxygen atoms in total. The molecule has 1 saturated carbocycles. The van der Waals surface area contributed by atoms with Crippen LogP contribution >= 0.6 is 23.4 Å². The SMILES string of the molecule is N#Cc1c(N)nc(S[C@H]2CC(=O)N(c3ccc(C(=O)/C=C/c4c(F)cccc4Cl)cc3)C2=O)c(C#N)c1C1CC1. The molecule has 2 aromatic carbocycles. The van der Waals surface area contributed by atoms with E-state index in [0.717, 1.165) is 29.5 Å². The van der Waals surface area contributed by atoms with Crippen LogP contribution in [0.4, 0.5) is 15.9 Å². The fourth-order valence-electron chi connectivity index (χ4n) is 4.49. The maximum atomic E-state index is 14.0. The predicted octanol–water partition coefficient (Wildman–Crippen LogP) is 5.40. The Hall–Kier alpha value is -4.51. The Kier molecular flexibility index (Phi) is 7.40. The molecular formula is C29H19ClFN5O3S. The molecule has 40 heavy (non-hydrogen) atoms. The fourth-order valence-corrected chi connectivity index (χ4v) is 5.84. The number of allylic oxidation sites excluding steroid dienone is 1. The van der Waals surface area contributed by atoms with Crippen LogP contribution in [0.1, 0.15) is 57.8 Å². The smallest absolute Gasteiger partial charge is 0.247 e. The molecule has 1 aliphatic carbocycles. The van der Waals surface area contributed by atoms with Gasteiger partial charge in [-0.1, -0.05) is 29.4 Å². The normalized spacial score (nSPS) is 16.8. The zero-order valence-electron chi connectivity index (χ0n) is 20.7. The molecule has 1 aliphatic heterocycles. The minimum Gasteiger partial charge on any atom is -0.383 e. The zero-order chi connectivity index (χ0) is 28.6. The lowest BCUT2D eigenvalue weighted by Gasteiger charge is -2.16. The average molecular weight is 572 g/mol. The summed E-state index contributed by atoms with van der Waals surface area (Å²) < 4.78 is 14.0. The minimum atomic E-state index is -0.846. The van der Waals surface area contributed by atoms with E-state index >= 15 is 0 Å². The minimum absolute atomic E-state index is 0.00823. The first-order valence-electron chi connectivity index (χ1n) is 12.2. The van der Waals surface area contributed by atoms with Crippen molar-refractivity contribution < 1.29 is 18.8 Å². The summed E-state index contributed by atoms with van der Waals surface area (Å²) in [5.41, 5.74) is 7.59. The van der Waals surface area contributed by atoms with Crippen LogP contribution in [-0.4, -0.2) is 27.8 Å². The molecule has 198 valence electrons. The molecule has 2 heterocycles. The Morgan fingerprint density at radius 3 is 2.45 bits per heavy atom. The lowest BCUT2D eigenvalue weighted by atomic mass is 10.0. The number of hydrogen-bond donors (Lipinski definition) is 1. The molecule has 2 amide bonds. The van der Waals surface area contributed by atoms with Crippen LogP contribution in [0.3, 0.4) is 0 Å². The number of halogens is 2. The summed E-state index contributed by atoms with van der Waals surface area (Å²) in [5, 5.41) is 18.9. The van der Waals surface area contributed by atoms with E-state index in [-0.39, 0.29) is 56.1 Å². The number of nitriles is 2. The number of ketones is 1. The highest BCUT2D eigenvalue weighted by atomic mass is 35.5. The zero-order valence-corrected chi connectivity index (χ0v) is 22.3. The molecule has 0 unspecified atom stereocenters. The molecule has 5 rings (SSSR count). The second-order valence-electron chi connectivity index (χ2n) is 9.22. The number of pyridine rings is 1. The Labute approximate surface area is 237 Å². The summed E-state index contributed by atoms with van der Waals surface area (Å²) in [6.07, 6.45) is 4.02. The van der Waals surface area contributed by atoms with Gasteiger partial charge in [-0.15, -0.1) is 0 Å². The molecule has 1 aromatic heterocycles. The van der Waals surface area contributed by atoms with Gasteiger partial charge in [0, 0.05) is 17.5 Å². The Morgan fingerprint density at radius 2 is 1.82 bits per heavy atom.